The standard InChI is InChI=1S/C25H19IO/c1-3-17(15-19(4-2)27-26)18-13-14-24-22-11-6-5-9-20(22)21-10-7-8-12-23(21)25(24)16-18/h3-16H,2H2,1H3/b17-3+,19-15+. The summed E-state index contributed by atoms with van der Waals surface area (Å²) in [5, 5.41) is 7.70. The van der Waals surface area contributed by atoms with Crippen LogP contribution in [0.1, 0.15) is 12.5 Å². The number of benzene rings is 4. The Hall–Kier alpha value is -2.59. The molecular formula is C25H19IO. The van der Waals surface area contributed by atoms with Crippen molar-refractivity contribution in [1.29, 1.82) is 0 Å². The number of halogens is 1. The van der Waals surface area contributed by atoms with E-state index in [1.165, 1.54) is 37.9 Å². The molecule has 4 aromatic rings. The zero-order chi connectivity index (χ0) is 18.8. The Morgan fingerprint density at radius 2 is 1.33 bits per heavy atom. The van der Waals surface area contributed by atoms with Crippen molar-refractivity contribution < 1.29 is 3.07 Å². The first kappa shape index (κ1) is 17.8. The molecule has 0 saturated carbocycles. The summed E-state index contributed by atoms with van der Waals surface area (Å²) >= 11 is 1.89. The number of fused-ring (bicyclic) bond motifs is 6. The van der Waals surface area contributed by atoms with Crippen LogP contribution in [0.5, 0.6) is 0 Å². The summed E-state index contributed by atoms with van der Waals surface area (Å²) in [5.74, 6) is 0.743. The van der Waals surface area contributed by atoms with E-state index < -0.39 is 0 Å². The molecule has 0 unspecified atom stereocenters. The van der Waals surface area contributed by atoms with E-state index in [1.54, 1.807) is 6.08 Å². The molecule has 27 heavy (non-hydrogen) atoms. The van der Waals surface area contributed by atoms with Crippen molar-refractivity contribution in [3.05, 3.63) is 103 Å². The largest absolute Gasteiger partial charge is 0.428 e. The maximum Gasteiger partial charge on any atom is 0.192 e. The van der Waals surface area contributed by atoms with Crippen LogP contribution in [-0.2, 0) is 3.07 Å². The van der Waals surface area contributed by atoms with Crippen LogP contribution in [0.15, 0.2) is 97.3 Å². The molecule has 0 aliphatic carbocycles. The second-order valence-electron chi connectivity index (χ2n) is 6.42. The van der Waals surface area contributed by atoms with Gasteiger partial charge >= 0.3 is 0 Å². The van der Waals surface area contributed by atoms with Gasteiger partial charge in [-0.3, -0.25) is 0 Å². The minimum atomic E-state index is 0.743. The molecule has 4 rings (SSSR count). The first-order chi connectivity index (χ1) is 13.3. The van der Waals surface area contributed by atoms with Crippen molar-refractivity contribution in [3.8, 4) is 0 Å². The SMILES string of the molecule is C=C/C(=C\C(=C/C)c1ccc2c3ccccc3c3ccccc3c2c1)OI. The van der Waals surface area contributed by atoms with Crippen LogP contribution in [0.4, 0.5) is 0 Å². The summed E-state index contributed by atoms with van der Waals surface area (Å²) < 4.78 is 5.34. The average Bonchev–Trinajstić information content (AvgIpc) is 2.74. The van der Waals surface area contributed by atoms with Crippen LogP contribution in [0.25, 0.3) is 37.9 Å². The van der Waals surface area contributed by atoms with Gasteiger partial charge in [-0.15, -0.1) is 0 Å². The molecule has 0 radical (unpaired) electrons. The van der Waals surface area contributed by atoms with Gasteiger partial charge in [0.15, 0.2) is 23.0 Å². The highest BCUT2D eigenvalue weighted by Gasteiger charge is 2.09. The van der Waals surface area contributed by atoms with Crippen molar-refractivity contribution in [2.24, 2.45) is 0 Å². The highest BCUT2D eigenvalue weighted by Crippen LogP contribution is 2.36. The highest BCUT2D eigenvalue weighted by atomic mass is 127. The van der Waals surface area contributed by atoms with E-state index in [4.69, 9.17) is 3.07 Å². The van der Waals surface area contributed by atoms with Crippen LogP contribution < -0.4 is 0 Å². The lowest BCUT2D eigenvalue weighted by Gasteiger charge is -2.12. The Kier molecular flexibility index (Phi) is 4.99. The van der Waals surface area contributed by atoms with Gasteiger partial charge in [0.2, 0.25) is 0 Å². The molecule has 0 N–H and O–H groups in total. The minimum Gasteiger partial charge on any atom is -0.428 e. The van der Waals surface area contributed by atoms with Gasteiger partial charge in [-0.25, -0.2) is 0 Å². The van der Waals surface area contributed by atoms with Gasteiger partial charge in [-0.2, -0.15) is 0 Å². The van der Waals surface area contributed by atoms with Gasteiger partial charge in [-0.05, 0) is 68.6 Å². The number of rotatable bonds is 4. The van der Waals surface area contributed by atoms with E-state index in [0.29, 0.717) is 0 Å². The molecule has 0 spiro atoms. The van der Waals surface area contributed by atoms with Crippen LogP contribution >= 0.6 is 23.0 Å². The van der Waals surface area contributed by atoms with E-state index in [9.17, 15) is 0 Å². The van der Waals surface area contributed by atoms with Crippen molar-refractivity contribution in [2.75, 3.05) is 0 Å². The van der Waals surface area contributed by atoms with Crippen LogP contribution in [0.3, 0.4) is 0 Å². The topological polar surface area (TPSA) is 9.23 Å². The zero-order valence-electron chi connectivity index (χ0n) is 15.1. The molecule has 0 amide bonds. The summed E-state index contributed by atoms with van der Waals surface area (Å²) in [4.78, 5) is 0. The van der Waals surface area contributed by atoms with E-state index in [-0.39, 0.29) is 0 Å². The summed E-state index contributed by atoms with van der Waals surface area (Å²) in [6.45, 7) is 5.86. The molecule has 0 saturated heterocycles. The van der Waals surface area contributed by atoms with Gasteiger partial charge in [0.05, 0.1) is 0 Å². The number of hydrogen-bond acceptors (Lipinski definition) is 1. The fourth-order valence-corrected chi connectivity index (χ4v) is 3.99. The molecule has 2 heteroatoms. The molecule has 0 aromatic heterocycles. The summed E-state index contributed by atoms with van der Waals surface area (Å²) in [7, 11) is 0. The summed E-state index contributed by atoms with van der Waals surface area (Å²) in [6.07, 6.45) is 5.84. The maximum atomic E-state index is 5.34. The zero-order valence-corrected chi connectivity index (χ0v) is 17.2. The predicted molar refractivity (Wildman–Crippen MR) is 126 cm³/mol. The fourth-order valence-electron chi connectivity index (χ4n) is 3.69. The van der Waals surface area contributed by atoms with Gasteiger partial charge < -0.3 is 3.07 Å². The van der Waals surface area contributed by atoms with Crippen molar-refractivity contribution in [1.82, 2.24) is 0 Å². The molecule has 0 atom stereocenters. The van der Waals surface area contributed by atoms with Crippen molar-refractivity contribution in [3.63, 3.8) is 0 Å². The van der Waals surface area contributed by atoms with E-state index in [0.717, 1.165) is 11.3 Å². The third-order valence-electron chi connectivity index (χ3n) is 4.98. The number of hydrogen-bond donors (Lipinski definition) is 0. The van der Waals surface area contributed by atoms with E-state index in [2.05, 4.69) is 79.4 Å². The Morgan fingerprint density at radius 1 is 0.815 bits per heavy atom. The quantitative estimate of drug-likeness (QED) is 0.129. The summed E-state index contributed by atoms with van der Waals surface area (Å²) in [5.41, 5.74) is 2.28. The fraction of sp³-hybridized carbons (Fsp3) is 0.0400. The molecule has 0 aliphatic heterocycles. The molecule has 0 bridgehead atoms. The molecule has 0 fully saturated rings. The molecule has 4 aromatic carbocycles. The second-order valence-corrected chi connectivity index (χ2v) is 6.86. The molecule has 1 nitrogen and oxygen atoms in total. The Bertz CT molecular complexity index is 1200. The average molecular weight is 462 g/mol. The van der Waals surface area contributed by atoms with Crippen LogP contribution in [0.2, 0.25) is 0 Å². The number of allylic oxidation sites excluding steroid dienone is 4. The molecule has 132 valence electrons. The first-order valence-electron chi connectivity index (χ1n) is 8.89. The Labute approximate surface area is 173 Å². The minimum absolute atomic E-state index is 0.743. The highest BCUT2D eigenvalue weighted by molar-refractivity contribution is 14.1. The monoisotopic (exact) mass is 462 g/mol. The van der Waals surface area contributed by atoms with Gasteiger partial charge in [0, 0.05) is 0 Å². The van der Waals surface area contributed by atoms with Gasteiger partial charge in [0.1, 0.15) is 5.76 Å². The first-order valence-corrected chi connectivity index (χ1v) is 9.77. The summed E-state index contributed by atoms with van der Waals surface area (Å²) in [6, 6.07) is 24.0. The third kappa shape index (κ3) is 3.15. The lowest BCUT2D eigenvalue weighted by atomic mass is 9.92. The van der Waals surface area contributed by atoms with Gasteiger partial charge in [-0.1, -0.05) is 73.3 Å². The van der Waals surface area contributed by atoms with Crippen molar-refractivity contribution in [2.45, 2.75) is 6.92 Å². The second kappa shape index (κ2) is 7.57. The predicted octanol–water partition coefficient (Wildman–Crippen LogP) is 7.99. The third-order valence-corrected chi connectivity index (χ3v) is 5.49. The maximum absolute atomic E-state index is 5.34. The lowest BCUT2D eigenvalue weighted by molar-refractivity contribution is 0.589. The van der Waals surface area contributed by atoms with E-state index >= 15 is 0 Å². The lowest BCUT2D eigenvalue weighted by Crippen LogP contribution is -1.87. The normalized spacial score (nSPS) is 12.7. The van der Waals surface area contributed by atoms with Crippen LogP contribution in [0, 0.1) is 0 Å². The Balaban J connectivity index is 2.06. The molecule has 0 heterocycles. The van der Waals surface area contributed by atoms with E-state index in [1.807, 2.05) is 36.0 Å². The molecule has 0 aliphatic rings. The van der Waals surface area contributed by atoms with Crippen molar-refractivity contribution >= 4 is 60.9 Å². The molecular weight excluding hydrogens is 443 g/mol. The Morgan fingerprint density at radius 3 is 1.81 bits per heavy atom. The van der Waals surface area contributed by atoms with Crippen LogP contribution in [-0.4, -0.2) is 0 Å². The smallest absolute Gasteiger partial charge is 0.192 e. The van der Waals surface area contributed by atoms with Gasteiger partial charge in [0.25, 0.3) is 0 Å².